The number of amides is 1. The van der Waals surface area contributed by atoms with Crippen molar-refractivity contribution >= 4 is 33.4 Å². The van der Waals surface area contributed by atoms with E-state index in [0.717, 1.165) is 17.7 Å². The number of phenolic OH excluding ortho intramolecular Hbond substituents is 1. The molecule has 1 heterocycles. The number of carbonyl (C=O) groups excluding carboxylic acids is 1. The lowest BCUT2D eigenvalue weighted by Crippen LogP contribution is -2.28. The minimum absolute atomic E-state index is 0.0312. The molecule has 1 aliphatic heterocycles. The molecule has 2 aromatic rings. The zero-order chi connectivity index (χ0) is 19.4. The molecule has 0 radical (unpaired) electrons. The van der Waals surface area contributed by atoms with Crippen LogP contribution in [-0.4, -0.2) is 42.6 Å². The maximum atomic E-state index is 12.9. The first-order valence-electron chi connectivity index (χ1n) is 8.37. The van der Waals surface area contributed by atoms with Crippen molar-refractivity contribution in [3.63, 3.8) is 0 Å². The van der Waals surface area contributed by atoms with E-state index in [2.05, 4.69) is 5.32 Å². The summed E-state index contributed by atoms with van der Waals surface area (Å²) in [5.74, 6) is -0.940. The van der Waals surface area contributed by atoms with Gasteiger partial charge >= 0.3 is 0 Å². The number of phenols is 1. The quantitative estimate of drug-likeness (QED) is 0.565. The summed E-state index contributed by atoms with van der Waals surface area (Å²) in [4.78, 5) is 12.9. The molecule has 0 aliphatic carbocycles. The minimum atomic E-state index is -3.64. The number of sulfonamides is 1. The van der Waals surface area contributed by atoms with Crippen molar-refractivity contribution in [2.24, 2.45) is 0 Å². The Hall–Kier alpha value is -2.10. The average Bonchev–Trinajstić information content (AvgIpc) is 3.18. The molecule has 0 atom stereocenters. The van der Waals surface area contributed by atoms with Crippen LogP contribution in [0.1, 0.15) is 12.8 Å². The largest absolute Gasteiger partial charge is 0.506 e. The van der Waals surface area contributed by atoms with Crippen molar-refractivity contribution in [1.29, 1.82) is 0 Å². The van der Waals surface area contributed by atoms with Crippen molar-refractivity contribution < 1.29 is 22.7 Å². The highest BCUT2D eigenvalue weighted by Crippen LogP contribution is 2.29. The Morgan fingerprint density at radius 3 is 2.48 bits per heavy atom. The molecule has 1 amide bonds. The van der Waals surface area contributed by atoms with Crippen LogP contribution in [0.5, 0.6) is 5.75 Å². The highest BCUT2D eigenvalue weighted by atomic mass is 32.2. The maximum Gasteiger partial charge on any atom is 0.243 e. The van der Waals surface area contributed by atoms with E-state index < -0.39 is 15.9 Å². The summed E-state index contributed by atoms with van der Waals surface area (Å²) in [7, 11) is -3.64. The number of aromatic hydroxyl groups is 1. The van der Waals surface area contributed by atoms with Crippen LogP contribution < -0.4 is 5.32 Å². The van der Waals surface area contributed by atoms with Crippen LogP contribution >= 0.6 is 11.8 Å². The van der Waals surface area contributed by atoms with E-state index >= 15 is 0 Å². The number of hydrogen-bond acceptors (Lipinski definition) is 5. The molecule has 6 nitrogen and oxygen atoms in total. The van der Waals surface area contributed by atoms with Gasteiger partial charge in [-0.1, -0.05) is 0 Å². The van der Waals surface area contributed by atoms with Crippen LogP contribution in [-0.2, 0) is 14.8 Å². The van der Waals surface area contributed by atoms with E-state index in [0.29, 0.717) is 13.1 Å². The zero-order valence-electron chi connectivity index (χ0n) is 14.4. The van der Waals surface area contributed by atoms with Gasteiger partial charge in [0.25, 0.3) is 0 Å². The van der Waals surface area contributed by atoms with E-state index in [9.17, 15) is 22.7 Å². The van der Waals surface area contributed by atoms with Gasteiger partial charge in [-0.15, -0.1) is 11.8 Å². The Labute approximate surface area is 161 Å². The molecule has 1 saturated heterocycles. The van der Waals surface area contributed by atoms with Gasteiger partial charge in [-0.2, -0.15) is 4.31 Å². The van der Waals surface area contributed by atoms with E-state index in [1.807, 2.05) is 0 Å². The summed E-state index contributed by atoms with van der Waals surface area (Å²) < 4.78 is 39.5. The van der Waals surface area contributed by atoms with Gasteiger partial charge in [-0.25, -0.2) is 12.8 Å². The second-order valence-electron chi connectivity index (χ2n) is 6.08. The Bertz CT molecular complexity index is 927. The van der Waals surface area contributed by atoms with Crippen LogP contribution in [0.3, 0.4) is 0 Å². The van der Waals surface area contributed by atoms with E-state index in [1.54, 1.807) is 12.1 Å². The van der Waals surface area contributed by atoms with E-state index in [4.69, 9.17) is 0 Å². The number of benzene rings is 2. The Kier molecular flexibility index (Phi) is 6.03. The van der Waals surface area contributed by atoms with Crippen LogP contribution in [0.15, 0.2) is 52.3 Å². The average molecular weight is 410 g/mol. The fourth-order valence-electron chi connectivity index (χ4n) is 2.72. The van der Waals surface area contributed by atoms with Gasteiger partial charge in [0.2, 0.25) is 15.9 Å². The number of nitrogens with zero attached hydrogens (tertiary/aromatic N) is 1. The molecular formula is C18H19FN2O4S2. The van der Waals surface area contributed by atoms with E-state index in [-0.39, 0.29) is 27.9 Å². The first kappa shape index (κ1) is 19.7. The molecule has 27 heavy (non-hydrogen) atoms. The third-order valence-electron chi connectivity index (χ3n) is 4.13. The van der Waals surface area contributed by atoms with Gasteiger partial charge in [-0.3, -0.25) is 4.79 Å². The van der Waals surface area contributed by atoms with Crippen LogP contribution in [0.4, 0.5) is 10.1 Å². The molecular weight excluding hydrogens is 391 g/mol. The molecule has 9 heteroatoms. The minimum Gasteiger partial charge on any atom is -0.506 e. The molecule has 0 aromatic heterocycles. The molecule has 1 aliphatic rings. The topological polar surface area (TPSA) is 86.7 Å². The fourth-order valence-corrected chi connectivity index (χ4v) is 4.96. The first-order valence-corrected chi connectivity index (χ1v) is 10.8. The number of nitrogens with one attached hydrogen (secondary N) is 1. The molecule has 0 spiro atoms. The molecule has 3 rings (SSSR count). The highest BCUT2D eigenvalue weighted by molar-refractivity contribution is 8.00. The molecule has 0 bridgehead atoms. The van der Waals surface area contributed by atoms with Gasteiger partial charge in [-0.05, 0) is 55.3 Å². The lowest BCUT2D eigenvalue weighted by molar-refractivity contribution is -0.113. The fraction of sp³-hybridized carbons (Fsp3) is 0.278. The molecule has 2 aromatic carbocycles. The highest BCUT2D eigenvalue weighted by Gasteiger charge is 2.27. The molecule has 1 fully saturated rings. The van der Waals surface area contributed by atoms with Crippen LogP contribution in [0.25, 0.3) is 0 Å². The number of thioether (sulfide) groups is 1. The van der Waals surface area contributed by atoms with Crippen molar-refractivity contribution in [2.75, 3.05) is 24.2 Å². The van der Waals surface area contributed by atoms with Gasteiger partial charge in [0.15, 0.2) is 0 Å². The summed E-state index contributed by atoms with van der Waals surface area (Å²) in [6, 6.07) is 9.58. The van der Waals surface area contributed by atoms with Crippen LogP contribution in [0.2, 0.25) is 0 Å². The normalized spacial score (nSPS) is 15.0. The lowest BCUT2D eigenvalue weighted by atomic mass is 10.3. The summed E-state index contributed by atoms with van der Waals surface area (Å²) in [5, 5.41) is 12.5. The third kappa shape index (κ3) is 4.79. The maximum absolute atomic E-state index is 12.9. The second-order valence-corrected chi connectivity index (χ2v) is 9.07. The van der Waals surface area contributed by atoms with Crippen LogP contribution in [0, 0.1) is 5.82 Å². The molecule has 0 unspecified atom stereocenters. The molecule has 144 valence electrons. The number of rotatable bonds is 6. The first-order chi connectivity index (χ1) is 12.9. The van der Waals surface area contributed by atoms with Gasteiger partial charge in [0.1, 0.15) is 11.6 Å². The monoisotopic (exact) mass is 410 g/mol. The molecule has 0 saturated carbocycles. The predicted molar refractivity (Wildman–Crippen MR) is 102 cm³/mol. The number of halogens is 1. The SMILES string of the molecule is O=C(CSc1ccc(F)cc1)Nc1cc(S(=O)(=O)N2CCCC2)ccc1O. The number of hydrogen-bond donors (Lipinski definition) is 2. The standard InChI is InChI=1S/C18H19FN2O4S2/c19-13-3-5-14(6-4-13)26-12-18(23)20-16-11-15(7-8-17(16)22)27(24,25)21-9-1-2-10-21/h3-8,11,22H,1-2,9-10,12H2,(H,20,23). The Balaban J connectivity index is 1.68. The van der Waals surface area contributed by atoms with Gasteiger partial charge in [0, 0.05) is 18.0 Å². The Morgan fingerprint density at radius 1 is 1.15 bits per heavy atom. The van der Waals surface area contributed by atoms with E-state index in [1.165, 1.54) is 46.4 Å². The smallest absolute Gasteiger partial charge is 0.243 e. The summed E-state index contributed by atoms with van der Waals surface area (Å²) in [6.07, 6.45) is 1.64. The van der Waals surface area contributed by atoms with Gasteiger partial charge < -0.3 is 10.4 Å². The number of carbonyl (C=O) groups is 1. The Morgan fingerprint density at radius 2 is 1.81 bits per heavy atom. The van der Waals surface area contributed by atoms with Crippen molar-refractivity contribution in [3.05, 3.63) is 48.3 Å². The molecule has 2 N–H and O–H groups in total. The van der Waals surface area contributed by atoms with Crippen molar-refractivity contribution in [1.82, 2.24) is 4.31 Å². The zero-order valence-corrected chi connectivity index (χ0v) is 16.0. The summed E-state index contributed by atoms with van der Waals surface area (Å²) >= 11 is 1.21. The third-order valence-corrected chi connectivity index (χ3v) is 7.04. The van der Waals surface area contributed by atoms with Gasteiger partial charge in [0.05, 0.1) is 16.3 Å². The summed E-state index contributed by atoms with van der Waals surface area (Å²) in [6.45, 7) is 0.943. The van der Waals surface area contributed by atoms with Crippen molar-refractivity contribution in [3.8, 4) is 5.75 Å². The predicted octanol–water partition coefficient (Wildman–Crippen LogP) is 3.05. The lowest BCUT2D eigenvalue weighted by Gasteiger charge is -2.16. The number of anilines is 1. The second kappa shape index (κ2) is 8.28. The summed E-state index contributed by atoms with van der Waals surface area (Å²) in [5.41, 5.74) is 0.0416. The van der Waals surface area contributed by atoms with Crippen molar-refractivity contribution in [2.45, 2.75) is 22.6 Å².